The van der Waals surface area contributed by atoms with E-state index in [0.29, 0.717) is 68.5 Å². The fourth-order valence-corrected chi connectivity index (χ4v) is 24.5. The summed E-state index contributed by atoms with van der Waals surface area (Å²) in [6, 6.07) is 54.8. The second-order valence-corrected chi connectivity index (χ2v) is 41.9. The van der Waals surface area contributed by atoms with Crippen molar-refractivity contribution in [3.63, 3.8) is 0 Å². The highest BCUT2D eigenvalue weighted by atomic mass is 16.5. The van der Waals surface area contributed by atoms with Crippen LogP contribution in [-0.4, -0.2) is 75.7 Å². The predicted octanol–water partition coefficient (Wildman–Crippen LogP) is 28.0. The highest BCUT2D eigenvalue weighted by Gasteiger charge is 2.43. The van der Waals surface area contributed by atoms with Gasteiger partial charge >= 0.3 is 0 Å². The number of amides is 8. The molecular formula is C124H136N8O12. The van der Waals surface area contributed by atoms with Crippen molar-refractivity contribution in [2.24, 2.45) is 0 Å². The second-order valence-electron chi connectivity index (χ2n) is 41.9. The molecule has 20 heteroatoms. The van der Waals surface area contributed by atoms with E-state index in [9.17, 15) is 38.4 Å². The summed E-state index contributed by atoms with van der Waals surface area (Å²) in [4.78, 5) is 119. The second kappa shape index (κ2) is 41.1. The van der Waals surface area contributed by atoms with Gasteiger partial charge in [0.05, 0.1) is 28.4 Å². The first-order valence-corrected chi connectivity index (χ1v) is 51.1. The van der Waals surface area contributed by atoms with E-state index in [2.05, 4.69) is 140 Å². The van der Waals surface area contributed by atoms with Crippen LogP contribution < -0.4 is 61.5 Å². The zero-order valence-corrected chi connectivity index (χ0v) is 87.2. The Balaban J connectivity index is 0.692. The Morgan fingerprint density at radius 1 is 0.160 bits per heavy atom. The molecule has 24 bridgehead atoms. The van der Waals surface area contributed by atoms with Gasteiger partial charge in [-0.25, -0.2) is 0 Å². The molecule has 8 N–H and O–H groups in total. The average molecular weight is 1930 g/mol. The van der Waals surface area contributed by atoms with Crippen LogP contribution in [0.4, 0.5) is 45.5 Å². The van der Waals surface area contributed by atoms with E-state index >= 15 is 0 Å². The van der Waals surface area contributed by atoms with Gasteiger partial charge in [0.1, 0.15) is 23.0 Å². The van der Waals surface area contributed by atoms with E-state index in [1.54, 1.807) is 72.8 Å². The van der Waals surface area contributed by atoms with Crippen LogP contribution >= 0.6 is 0 Å². The maximum Gasteiger partial charge on any atom is 0.255 e. The highest BCUT2D eigenvalue weighted by molar-refractivity contribution is 6.14. The number of aryl methyl sites for hydroxylation is 16. The van der Waals surface area contributed by atoms with Gasteiger partial charge in [-0.15, -0.1) is 0 Å². The molecule has 4 aliphatic carbocycles. The lowest BCUT2D eigenvalue weighted by Gasteiger charge is -2.40. The Bertz CT molecular complexity index is 5820. The number of benzene rings is 12. The Morgan fingerprint density at radius 3 is 0.361 bits per heavy atom. The normalized spacial score (nSPS) is 16.7. The Labute approximate surface area is 847 Å². The number of ether oxygens (including phenoxy) is 4. The zero-order chi connectivity index (χ0) is 102. The smallest absolute Gasteiger partial charge is 0.255 e. The van der Waals surface area contributed by atoms with Crippen LogP contribution in [0.1, 0.15) is 345 Å². The largest absolute Gasteiger partial charge is 0.497 e. The van der Waals surface area contributed by atoms with E-state index in [4.69, 9.17) is 18.9 Å². The zero-order valence-electron chi connectivity index (χ0n) is 87.2. The molecule has 29 rings (SSSR count). The summed E-state index contributed by atoms with van der Waals surface area (Å²) in [6.45, 7) is 32.3. The van der Waals surface area contributed by atoms with Crippen molar-refractivity contribution in [2.45, 2.75) is 261 Å². The summed E-state index contributed by atoms with van der Waals surface area (Å²) in [5, 5.41) is 26.0. The van der Waals surface area contributed by atoms with E-state index in [-0.39, 0.29) is 44.5 Å². The Kier molecular flexibility index (Phi) is 28.9. The van der Waals surface area contributed by atoms with Crippen molar-refractivity contribution in [3.05, 3.63) is 348 Å². The molecule has 144 heavy (non-hydrogen) atoms. The summed E-state index contributed by atoms with van der Waals surface area (Å²) in [5.74, 6) is -1.84. The molecule has 0 radical (unpaired) electrons. The minimum absolute atomic E-state index is 0.248. The van der Waals surface area contributed by atoms with E-state index in [1.165, 1.54) is 28.4 Å². The van der Waals surface area contributed by atoms with Gasteiger partial charge in [0, 0.05) is 112 Å². The van der Waals surface area contributed by atoms with Crippen LogP contribution in [0.15, 0.2) is 170 Å². The van der Waals surface area contributed by atoms with Gasteiger partial charge < -0.3 is 61.5 Å². The number of carbonyl (C=O) groups excluding carboxylic acids is 8. The number of nitrogens with one attached hydrogen (secondary N) is 8. The first kappa shape index (κ1) is 101. The molecule has 0 aromatic heterocycles. The molecule has 8 amide bonds. The summed E-state index contributed by atoms with van der Waals surface area (Å²) < 4.78 is 23.2. The quantitative estimate of drug-likeness (QED) is 0.0817. The lowest BCUT2D eigenvalue weighted by Crippen LogP contribution is -2.31. The molecule has 4 saturated carbocycles. The molecule has 13 aliphatic heterocycles. The molecule has 13 heterocycles. The van der Waals surface area contributed by atoms with Crippen LogP contribution in [0.2, 0.25) is 0 Å². The van der Waals surface area contributed by atoms with Gasteiger partial charge in [0.25, 0.3) is 47.3 Å². The number of anilines is 8. The van der Waals surface area contributed by atoms with Gasteiger partial charge in [-0.3, -0.25) is 38.4 Å². The van der Waals surface area contributed by atoms with E-state index in [1.807, 2.05) is 111 Å². The third kappa shape index (κ3) is 19.8. The number of hydrogen-bond acceptors (Lipinski definition) is 12. The number of carbonyl (C=O) groups is 8. The fraction of sp³-hybridized carbons (Fsp3) is 0.355. The summed E-state index contributed by atoms with van der Waals surface area (Å²) >= 11 is 0. The predicted molar refractivity (Wildman–Crippen MR) is 578 cm³/mol. The van der Waals surface area contributed by atoms with Gasteiger partial charge in [-0.05, 0) is 368 Å². The van der Waals surface area contributed by atoms with Crippen LogP contribution in [0.25, 0.3) is 0 Å². The number of methoxy groups -OCH3 is 4. The van der Waals surface area contributed by atoms with E-state index < -0.39 is 68.9 Å². The van der Waals surface area contributed by atoms with Gasteiger partial charge in [0.15, 0.2) is 0 Å². The minimum atomic E-state index is -0.402. The molecule has 12 aromatic carbocycles. The SMILES string of the molecule is COc1cc2cc(c1)C(=O)Nc1c(C)cc(cc1C)C1(CCCCC1)c1cc(C)c(c(C)c1)NC(=O)c1cc(OC)cc(c1)C(=O)Nc1c(C)cc(cc1C)C1(CCCCC1)c1cc(C)c(c(C)c1)NC(=O)c1cc(OC)cc(c1)C(=O)Nc1c(C)cc(cc1C)C1(CCCCC1)c1cc(C)c(c(C)c1)NC(=O)c1cc(OC)cc(c1)C(=O)Nc1c(C)cc(cc1C)C1(CCCCC1)c1cc(C)c(c(C)c1)NC2=O. The average Bonchev–Trinajstić information content (AvgIpc) is 0.757. The van der Waals surface area contributed by atoms with Gasteiger partial charge in [0.2, 0.25) is 0 Å². The maximum absolute atomic E-state index is 14.8. The third-order valence-electron chi connectivity index (χ3n) is 32.1. The third-order valence-corrected chi connectivity index (χ3v) is 32.1. The first-order chi connectivity index (χ1) is 68.8. The molecule has 0 unspecified atom stereocenters. The number of rotatable bonds is 4. The summed E-state index contributed by atoms with van der Waals surface area (Å²) in [5.41, 5.74) is 28.9. The Hall–Kier alpha value is -14.4. The first-order valence-electron chi connectivity index (χ1n) is 51.1. The van der Waals surface area contributed by atoms with Crippen LogP contribution in [0.3, 0.4) is 0 Å². The highest BCUT2D eigenvalue weighted by Crippen LogP contribution is 2.54. The summed E-state index contributed by atoms with van der Waals surface area (Å²) in [7, 11) is 6.08. The van der Waals surface area contributed by atoms with Crippen molar-refractivity contribution in [1.82, 2.24) is 0 Å². The molecule has 4 fully saturated rings. The van der Waals surface area contributed by atoms with Crippen LogP contribution in [-0.2, 0) is 21.7 Å². The van der Waals surface area contributed by atoms with Crippen molar-refractivity contribution in [2.75, 3.05) is 71.0 Å². The Morgan fingerprint density at radius 2 is 0.264 bits per heavy atom. The molecule has 4 spiro atoms. The molecule has 12 aromatic rings. The van der Waals surface area contributed by atoms with Gasteiger partial charge in [-0.1, -0.05) is 174 Å². The molecule has 744 valence electrons. The fourth-order valence-electron chi connectivity index (χ4n) is 24.5. The molecule has 17 aliphatic rings. The van der Waals surface area contributed by atoms with E-state index in [0.717, 1.165) is 262 Å². The van der Waals surface area contributed by atoms with Crippen molar-refractivity contribution >= 4 is 92.8 Å². The topological polar surface area (TPSA) is 270 Å². The maximum atomic E-state index is 14.8. The number of hydrogen-bond donors (Lipinski definition) is 8. The van der Waals surface area contributed by atoms with Crippen molar-refractivity contribution < 1.29 is 57.3 Å². The summed E-state index contributed by atoms with van der Waals surface area (Å²) in [6.07, 6.45) is 19.6. The molecular weight excluding hydrogens is 1790 g/mol. The van der Waals surface area contributed by atoms with Crippen LogP contribution in [0, 0.1) is 111 Å². The molecule has 0 saturated heterocycles. The lowest BCUT2D eigenvalue weighted by molar-refractivity contribution is 0.101. The van der Waals surface area contributed by atoms with Crippen molar-refractivity contribution in [3.8, 4) is 23.0 Å². The van der Waals surface area contributed by atoms with Crippen LogP contribution in [0.5, 0.6) is 23.0 Å². The van der Waals surface area contributed by atoms with Crippen molar-refractivity contribution in [1.29, 1.82) is 0 Å². The molecule has 20 nitrogen and oxygen atoms in total. The monoisotopic (exact) mass is 1930 g/mol. The lowest BCUT2D eigenvalue weighted by atomic mass is 9.64. The standard InChI is InChI=1S/C124H136N8O12/c1-69-41-93-42-70(2)105(69)125-113(133)85-57-86(62-101(61-85)141-17)114(134)127-107-73(5)45-95(46-74(107)6)122(35-27-22-28-36-122)96-47-75(7)109(76(8)48-96)129-117(137)89-59-90(66-103(65-89)143-19)118(138)131-111-81(13)53-99(54-82(111)14)124(39-31-24-32-40-124)100-55-83(15)112(84(16)56-100)132-120(140)92-60-91(67-104(68-92)144-20)119(139)130-110-79(11)51-98(52-80(110)12)123(37-29-23-30-38-123)97-49-77(9)108(78(10)50-97)128-116(136)88-58-87(63-102(64-88)142-18)115(135)126-106-71(3)43-94(44-72(106)4)121(93)33-25-21-26-34-121/h41-68H,21-40H2,1-20H3,(H,125,133)(H,126,135)(H,127,134)(H,128,136)(H,129,137)(H,130,139)(H,131,138)(H,132,140). The minimum Gasteiger partial charge on any atom is -0.497 e. The molecule has 0 atom stereocenters. The van der Waals surface area contributed by atoms with Gasteiger partial charge in [-0.2, -0.15) is 0 Å².